The van der Waals surface area contributed by atoms with Crippen molar-refractivity contribution in [2.45, 2.75) is 20.3 Å². The second-order valence-electron chi connectivity index (χ2n) is 7.79. The molecule has 0 amide bonds. The van der Waals surface area contributed by atoms with Crippen LogP contribution in [0.15, 0.2) is 55.0 Å². The molecule has 2 aromatic carbocycles. The van der Waals surface area contributed by atoms with Crippen LogP contribution in [-0.4, -0.2) is 45.8 Å². The molecule has 0 saturated heterocycles. The Morgan fingerprint density at radius 1 is 1.09 bits per heavy atom. The molecule has 2 heterocycles. The maximum absolute atomic E-state index is 10.8. The molecule has 9 heteroatoms. The van der Waals surface area contributed by atoms with Gasteiger partial charge in [0.25, 0.3) is 0 Å². The van der Waals surface area contributed by atoms with Crippen LogP contribution in [0.4, 0.5) is 5.82 Å². The molecule has 4 aromatic rings. The highest BCUT2D eigenvalue weighted by Gasteiger charge is 2.12. The SMILES string of the molecule is CCOc1cc(-c2cc(NCCc3cc4cccnc4c(C)c3Cl)ncn2)ccc1OCC(=O)O. The third kappa shape index (κ3) is 5.78. The Morgan fingerprint density at radius 3 is 2.74 bits per heavy atom. The Bertz CT molecular complexity index is 1360. The van der Waals surface area contributed by atoms with Gasteiger partial charge in [-0.15, -0.1) is 0 Å². The highest BCUT2D eigenvalue weighted by Crippen LogP contribution is 2.33. The van der Waals surface area contributed by atoms with Crippen molar-refractivity contribution in [1.82, 2.24) is 15.0 Å². The molecule has 4 rings (SSSR count). The number of hydrogen-bond donors (Lipinski definition) is 2. The van der Waals surface area contributed by atoms with E-state index in [1.54, 1.807) is 24.4 Å². The van der Waals surface area contributed by atoms with Crippen molar-refractivity contribution >= 4 is 34.3 Å². The molecule has 0 aliphatic heterocycles. The monoisotopic (exact) mass is 492 g/mol. The van der Waals surface area contributed by atoms with E-state index in [1.807, 2.05) is 32.0 Å². The van der Waals surface area contributed by atoms with Gasteiger partial charge in [0, 0.05) is 34.8 Å². The smallest absolute Gasteiger partial charge is 0.341 e. The predicted molar refractivity (Wildman–Crippen MR) is 135 cm³/mol. The Labute approximate surface area is 207 Å². The lowest BCUT2D eigenvalue weighted by molar-refractivity contribution is -0.139. The molecule has 35 heavy (non-hydrogen) atoms. The molecular formula is C26H25ClN4O4. The fraction of sp³-hybridized carbons (Fsp3) is 0.231. The number of carboxylic acid groups (broad SMARTS) is 1. The lowest BCUT2D eigenvalue weighted by atomic mass is 10.0. The van der Waals surface area contributed by atoms with E-state index in [1.165, 1.54) is 6.33 Å². The van der Waals surface area contributed by atoms with E-state index in [0.29, 0.717) is 42.6 Å². The first-order valence-electron chi connectivity index (χ1n) is 11.2. The average Bonchev–Trinajstić information content (AvgIpc) is 2.86. The predicted octanol–water partition coefficient (Wildman–Crippen LogP) is 5.17. The van der Waals surface area contributed by atoms with Crippen LogP contribution in [0, 0.1) is 6.92 Å². The number of aromatic nitrogens is 3. The lowest BCUT2D eigenvalue weighted by Crippen LogP contribution is -2.10. The third-order valence-electron chi connectivity index (χ3n) is 5.39. The molecule has 0 aliphatic rings. The molecule has 0 aliphatic carbocycles. The van der Waals surface area contributed by atoms with E-state index < -0.39 is 12.6 Å². The van der Waals surface area contributed by atoms with Gasteiger partial charge < -0.3 is 19.9 Å². The van der Waals surface area contributed by atoms with E-state index in [0.717, 1.165) is 32.6 Å². The van der Waals surface area contributed by atoms with Crippen molar-refractivity contribution in [2.75, 3.05) is 25.1 Å². The first-order valence-corrected chi connectivity index (χ1v) is 11.5. The third-order valence-corrected chi connectivity index (χ3v) is 5.92. The quantitative estimate of drug-likeness (QED) is 0.312. The molecule has 2 N–H and O–H groups in total. The average molecular weight is 493 g/mol. The van der Waals surface area contributed by atoms with Gasteiger partial charge in [-0.1, -0.05) is 17.7 Å². The van der Waals surface area contributed by atoms with Gasteiger partial charge in [-0.25, -0.2) is 14.8 Å². The number of anilines is 1. The van der Waals surface area contributed by atoms with Gasteiger partial charge >= 0.3 is 5.97 Å². The summed E-state index contributed by atoms with van der Waals surface area (Å²) in [6.45, 7) is 4.43. The highest BCUT2D eigenvalue weighted by molar-refractivity contribution is 6.33. The molecule has 0 atom stereocenters. The van der Waals surface area contributed by atoms with Crippen LogP contribution >= 0.6 is 11.6 Å². The molecule has 180 valence electrons. The zero-order valence-corrected chi connectivity index (χ0v) is 20.2. The number of ether oxygens (including phenoxy) is 2. The van der Waals surface area contributed by atoms with Crippen molar-refractivity contribution in [3.8, 4) is 22.8 Å². The number of nitrogens with one attached hydrogen (secondary N) is 1. The summed E-state index contributed by atoms with van der Waals surface area (Å²) in [5, 5.41) is 14.0. The van der Waals surface area contributed by atoms with Crippen LogP contribution in [0.25, 0.3) is 22.2 Å². The molecule has 8 nitrogen and oxygen atoms in total. The van der Waals surface area contributed by atoms with Gasteiger partial charge in [0.05, 0.1) is 17.8 Å². The second kappa shape index (κ2) is 11.0. The maximum Gasteiger partial charge on any atom is 0.341 e. The number of benzene rings is 2. The topological polar surface area (TPSA) is 106 Å². The summed E-state index contributed by atoms with van der Waals surface area (Å²) in [4.78, 5) is 24.0. The molecule has 0 unspecified atom stereocenters. The standard InChI is InChI=1S/C26H25ClN4O4/c1-3-34-22-12-17(6-7-21(22)35-14-24(32)33)20-13-23(31-15-30-20)28-10-8-18-11-19-5-4-9-29-26(19)16(2)25(18)27/h4-7,9,11-13,15H,3,8,10,14H2,1-2H3,(H,32,33)(H,28,30,31). The number of pyridine rings is 1. The number of carboxylic acids is 1. The Morgan fingerprint density at radius 2 is 1.94 bits per heavy atom. The van der Waals surface area contributed by atoms with E-state index in [9.17, 15) is 4.79 Å². The summed E-state index contributed by atoms with van der Waals surface area (Å²) in [5.41, 5.74) is 4.43. The van der Waals surface area contributed by atoms with Gasteiger partial charge in [-0.05, 0) is 61.7 Å². The fourth-order valence-electron chi connectivity index (χ4n) is 3.76. The number of carbonyl (C=O) groups is 1. The van der Waals surface area contributed by atoms with E-state index in [2.05, 4.69) is 26.3 Å². The van der Waals surface area contributed by atoms with Gasteiger partial charge in [-0.3, -0.25) is 4.98 Å². The number of hydrogen-bond acceptors (Lipinski definition) is 7. The molecule has 0 saturated carbocycles. The minimum atomic E-state index is -1.06. The largest absolute Gasteiger partial charge is 0.490 e. The molecule has 0 radical (unpaired) electrons. The minimum absolute atomic E-state index is 0.364. The second-order valence-corrected chi connectivity index (χ2v) is 8.17. The molecular weight excluding hydrogens is 468 g/mol. The van der Waals surface area contributed by atoms with Crippen LogP contribution in [-0.2, 0) is 11.2 Å². The number of fused-ring (bicyclic) bond motifs is 1. The first-order chi connectivity index (χ1) is 17.0. The van der Waals surface area contributed by atoms with Gasteiger partial charge in [0.15, 0.2) is 18.1 Å². The number of halogens is 1. The summed E-state index contributed by atoms with van der Waals surface area (Å²) in [5.74, 6) is 0.438. The van der Waals surface area contributed by atoms with Crippen LogP contribution < -0.4 is 14.8 Å². The molecule has 2 aromatic heterocycles. The van der Waals surface area contributed by atoms with Crippen LogP contribution in [0.2, 0.25) is 5.02 Å². The Hall–Kier alpha value is -3.91. The molecule has 0 spiro atoms. The van der Waals surface area contributed by atoms with E-state index in [4.69, 9.17) is 26.2 Å². The summed E-state index contributed by atoms with van der Waals surface area (Å²) in [7, 11) is 0. The van der Waals surface area contributed by atoms with E-state index >= 15 is 0 Å². The summed E-state index contributed by atoms with van der Waals surface area (Å²) in [6, 6.07) is 13.1. The normalized spacial score (nSPS) is 10.8. The lowest BCUT2D eigenvalue weighted by Gasteiger charge is -2.13. The first kappa shape index (κ1) is 24.2. The highest BCUT2D eigenvalue weighted by atomic mass is 35.5. The molecule has 0 bridgehead atoms. The summed E-state index contributed by atoms with van der Waals surface area (Å²) < 4.78 is 11.0. The zero-order valence-electron chi connectivity index (χ0n) is 19.4. The maximum atomic E-state index is 10.8. The number of nitrogens with zero attached hydrogens (tertiary/aromatic N) is 3. The van der Waals surface area contributed by atoms with E-state index in [-0.39, 0.29) is 0 Å². The van der Waals surface area contributed by atoms with Crippen molar-refractivity contribution in [3.63, 3.8) is 0 Å². The Balaban J connectivity index is 1.48. The number of aliphatic carboxylic acids is 1. The van der Waals surface area contributed by atoms with Crippen LogP contribution in [0.3, 0.4) is 0 Å². The number of rotatable bonds is 10. The van der Waals surface area contributed by atoms with Gasteiger partial charge in [0.1, 0.15) is 12.1 Å². The molecule has 0 fully saturated rings. The van der Waals surface area contributed by atoms with Crippen LogP contribution in [0.1, 0.15) is 18.1 Å². The van der Waals surface area contributed by atoms with Gasteiger partial charge in [0.2, 0.25) is 0 Å². The van der Waals surface area contributed by atoms with Crippen LogP contribution in [0.5, 0.6) is 11.5 Å². The fourth-order valence-corrected chi connectivity index (χ4v) is 4.00. The van der Waals surface area contributed by atoms with Crippen molar-refractivity contribution < 1.29 is 19.4 Å². The summed E-state index contributed by atoms with van der Waals surface area (Å²) in [6.07, 6.45) is 3.98. The summed E-state index contributed by atoms with van der Waals surface area (Å²) >= 11 is 6.60. The van der Waals surface area contributed by atoms with Crippen molar-refractivity contribution in [3.05, 3.63) is 71.1 Å². The number of aryl methyl sites for hydroxylation is 1. The van der Waals surface area contributed by atoms with Gasteiger partial charge in [-0.2, -0.15) is 0 Å². The Kier molecular flexibility index (Phi) is 7.62. The zero-order chi connectivity index (χ0) is 24.8. The van der Waals surface area contributed by atoms with Crippen molar-refractivity contribution in [2.24, 2.45) is 0 Å². The van der Waals surface area contributed by atoms with Crippen molar-refractivity contribution in [1.29, 1.82) is 0 Å². The minimum Gasteiger partial charge on any atom is -0.490 e.